The molecule has 0 aliphatic rings. The van der Waals surface area contributed by atoms with Crippen LogP contribution in [0.1, 0.15) is 18.2 Å². The minimum absolute atomic E-state index is 0.000805. The van der Waals surface area contributed by atoms with Gasteiger partial charge in [0.2, 0.25) is 0 Å². The van der Waals surface area contributed by atoms with Crippen molar-refractivity contribution in [1.29, 1.82) is 0 Å². The highest BCUT2D eigenvalue weighted by Gasteiger charge is 2.09. The molecule has 6 nitrogen and oxygen atoms in total. The summed E-state index contributed by atoms with van der Waals surface area (Å²) in [5.41, 5.74) is 2.76. The first-order chi connectivity index (χ1) is 12.5. The number of carbonyl (C=O) groups excluding carboxylic acids is 1. The van der Waals surface area contributed by atoms with Gasteiger partial charge >= 0.3 is 6.03 Å². The van der Waals surface area contributed by atoms with E-state index in [9.17, 15) is 4.79 Å². The molecule has 1 aromatic carbocycles. The molecule has 2 amide bonds. The molecule has 0 saturated carbocycles. The molecule has 0 radical (unpaired) electrons. The number of imidazole rings is 1. The van der Waals surface area contributed by atoms with Gasteiger partial charge in [0.05, 0.1) is 19.3 Å². The van der Waals surface area contributed by atoms with Gasteiger partial charge in [-0.25, -0.2) is 9.78 Å². The van der Waals surface area contributed by atoms with Crippen molar-refractivity contribution in [3.05, 3.63) is 64.5 Å². The van der Waals surface area contributed by atoms with Gasteiger partial charge in [-0.3, -0.25) is 0 Å². The SMILES string of the molecule is COc1cccc(CC(C)NC(=O)NCc2cn3cc(Br)ccc3n2)c1. The third kappa shape index (κ3) is 4.76. The number of hydrogen-bond donors (Lipinski definition) is 2. The van der Waals surface area contributed by atoms with Crippen LogP contribution in [0.5, 0.6) is 5.75 Å². The molecule has 0 spiro atoms. The van der Waals surface area contributed by atoms with Crippen molar-refractivity contribution in [3.8, 4) is 5.75 Å². The zero-order chi connectivity index (χ0) is 18.5. The summed E-state index contributed by atoms with van der Waals surface area (Å²) in [6.45, 7) is 2.35. The summed E-state index contributed by atoms with van der Waals surface area (Å²) in [5, 5.41) is 5.80. The van der Waals surface area contributed by atoms with Crippen LogP contribution in [0.4, 0.5) is 4.79 Å². The standard InChI is InChI=1S/C19H21BrN4O2/c1-13(8-14-4-3-5-17(9-14)26-2)22-19(25)21-10-16-12-24-11-15(20)6-7-18(24)23-16/h3-7,9,11-13H,8,10H2,1-2H3,(H2,21,22,25). The Morgan fingerprint density at radius 1 is 1.31 bits per heavy atom. The van der Waals surface area contributed by atoms with Gasteiger partial charge in [-0.15, -0.1) is 0 Å². The maximum atomic E-state index is 12.1. The highest BCUT2D eigenvalue weighted by atomic mass is 79.9. The number of aromatic nitrogens is 2. The second-order valence-corrected chi connectivity index (χ2v) is 7.04. The molecule has 3 rings (SSSR count). The molecule has 26 heavy (non-hydrogen) atoms. The number of methoxy groups -OCH3 is 1. The molecule has 0 saturated heterocycles. The monoisotopic (exact) mass is 416 g/mol. The van der Waals surface area contributed by atoms with Crippen LogP contribution in [-0.4, -0.2) is 28.6 Å². The first-order valence-electron chi connectivity index (χ1n) is 8.34. The Morgan fingerprint density at radius 2 is 2.15 bits per heavy atom. The Labute approximate surface area is 160 Å². The van der Waals surface area contributed by atoms with Crippen molar-refractivity contribution in [2.45, 2.75) is 25.9 Å². The number of nitrogens with zero attached hydrogens (tertiary/aromatic N) is 2. The van der Waals surface area contributed by atoms with E-state index in [1.165, 1.54) is 0 Å². The molecule has 2 heterocycles. The van der Waals surface area contributed by atoms with Gasteiger partial charge < -0.3 is 19.8 Å². The Kier molecular flexibility index (Phi) is 5.78. The number of ether oxygens (including phenoxy) is 1. The van der Waals surface area contributed by atoms with Crippen molar-refractivity contribution in [3.63, 3.8) is 0 Å². The van der Waals surface area contributed by atoms with Gasteiger partial charge in [0.15, 0.2) is 0 Å². The minimum atomic E-state index is -0.210. The van der Waals surface area contributed by atoms with E-state index >= 15 is 0 Å². The number of amides is 2. The highest BCUT2D eigenvalue weighted by Crippen LogP contribution is 2.14. The third-order valence-electron chi connectivity index (χ3n) is 3.95. The summed E-state index contributed by atoms with van der Waals surface area (Å²) in [6, 6.07) is 11.5. The average molecular weight is 417 g/mol. The molecule has 136 valence electrons. The predicted octanol–water partition coefficient (Wildman–Crippen LogP) is 3.54. The Bertz CT molecular complexity index is 909. The number of rotatable bonds is 6. The van der Waals surface area contributed by atoms with E-state index in [4.69, 9.17) is 4.74 Å². The molecule has 0 bridgehead atoms. The lowest BCUT2D eigenvalue weighted by Crippen LogP contribution is -2.41. The predicted molar refractivity (Wildman–Crippen MR) is 104 cm³/mol. The fourth-order valence-corrected chi connectivity index (χ4v) is 3.10. The maximum absolute atomic E-state index is 12.1. The van der Waals surface area contributed by atoms with Gasteiger partial charge in [0, 0.05) is 22.9 Å². The summed E-state index contributed by atoms with van der Waals surface area (Å²) in [6.07, 6.45) is 4.56. The number of halogens is 1. The van der Waals surface area contributed by atoms with Crippen molar-refractivity contribution >= 4 is 27.6 Å². The first-order valence-corrected chi connectivity index (χ1v) is 9.13. The summed E-state index contributed by atoms with van der Waals surface area (Å²) in [4.78, 5) is 16.6. The van der Waals surface area contributed by atoms with E-state index in [1.54, 1.807) is 7.11 Å². The van der Waals surface area contributed by atoms with Crippen LogP contribution in [0.25, 0.3) is 5.65 Å². The van der Waals surface area contributed by atoms with E-state index in [0.717, 1.165) is 33.5 Å². The normalized spacial score (nSPS) is 12.0. The molecule has 1 unspecified atom stereocenters. The number of nitrogens with one attached hydrogen (secondary N) is 2. The number of fused-ring (bicyclic) bond motifs is 1. The molecular weight excluding hydrogens is 396 g/mol. The topological polar surface area (TPSA) is 67.7 Å². The minimum Gasteiger partial charge on any atom is -0.497 e. The van der Waals surface area contributed by atoms with Crippen LogP contribution in [-0.2, 0) is 13.0 Å². The second kappa shape index (κ2) is 8.23. The van der Waals surface area contributed by atoms with Crippen LogP contribution in [0.3, 0.4) is 0 Å². The summed E-state index contributed by atoms with van der Waals surface area (Å²) in [7, 11) is 1.65. The second-order valence-electron chi connectivity index (χ2n) is 6.13. The van der Waals surface area contributed by atoms with Crippen molar-refractivity contribution in [2.24, 2.45) is 0 Å². The van der Waals surface area contributed by atoms with Crippen LogP contribution in [0.2, 0.25) is 0 Å². The summed E-state index contributed by atoms with van der Waals surface area (Å²) < 4.78 is 8.12. The van der Waals surface area contributed by atoms with Crippen LogP contribution in [0.15, 0.2) is 53.3 Å². The van der Waals surface area contributed by atoms with E-state index in [1.807, 2.05) is 60.1 Å². The summed E-state index contributed by atoms with van der Waals surface area (Å²) in [5.74, 6) is 0.817. The molecule has 1 atom stereocenters. The lowest BCUT2D eigenvalue weighted by molar-refractivity contribution is 0.237. The summed E-state index contributed by atoms with van der Waals surface area (Å²) >= 11 is 3.43. The van der Waals surface area contributed by atoms with Crippen LogP contribution >= 0.6 is 15.9 Å². The number of benzene rings is 1. The Morgan fingerprint density at radius 3 is 2.96 bits per heavy atom. The van der Waals surface area contributed by atoms with E-state index < -0.39 is 0 Å². The van der Waals surface area contributed by atoms with Gasteiger partial charge in [-0.05, 0) is 59.1 Å². The molecular formula is C19H21BrN4O2. The first kappa shape index (κ1) is 18.3. The van der Waals surface area contributed by atoms with Crippen molar-refractivity contribution in [2.75, 3.05) is 7.11 Å². The van der Waals surface area contributed by atoms with Crippen LogP contribution < -0.4 is 15.4 Å². The quantitative estimate of drug-likeness (QED) is 0.645. The largest absolute Gasteiger partial charge is 0.497 e. The van der Waals surface area contributed by atoms with E-state index in [0.29, 0.717) is 6.54 Å². The number of pyridine rings is 1. The van der Waals surface area contributed by atoms with Crippen molar-refractivity contribution in [1.82, 2.24) is 20.0 Å². The molecule has 2 N–H and O–H groups in total. The number of urea groups is 1. The van der Waals surface area contributed by atoms with E-state index in [2.05, 4.69) is 31.5 Å². The zero-order valence-corrected chi connectivity index (χ0v) is 16.3. The smallest absolute Gasteiger partial charge is 0.315 e. The molecule has 0 aliphatic carbocycles. The highest BCUT2D eigenvalue weighted by molar-refractivity contribution is 9.10. The molecule has 2 aromatic heterocycles. The molecule has 0 fully saturated rings. The molecule has 7 heteroatoms. The number of carbonyl (C=O) groups is 1. The fraction of sp³-hybridized carbons (Fsp3) is 0.263. The Hall–Kier alpha value is -2.54. The van der Waals surface area contributed by atoms with Crippen molar-refractivity contribution < 1.29 is 9.53 Å². The molecule has 3 aromatic rings. The lowest BCUT2D eigenvalue weighted by atomic mass is 10.1. The zero-order valence-electron chi connectivity index (χ0n) is 14.7. The van der Waals surface area contributed by atoms with Crippen LogP contribution in [0, 0.1) is 0 Å². The van der Waals surface area contributed by atoms with Gasteiger partial charge in [0.1, 0.15) is 11.4 Å². The Balaban J connectivity index is 1.51. The molecule has 0 aliphatic heterocycles. The van der Waals surface area contributed by atoms with Gasteiger partial charge in [0.25, 0.3) is 0 Å². The van der Waals surface area contributed by atoms with E-state index in [-0.39, 0.29) is 12.1 Å². The third-order valence-corrected chi connectivity index (χ3v) is 4.42. The van der Waals surface area contributed by atoms with Gasteiger partial charge in [-0.1, -0.05) is 12.1 Å². The lowest BCUT2D eigenvalue weighted by Gasteiger charge is -2.15. The number of hydrogen-bond acceptors (Lipinski definition) is 3. The fourth-order valence-electron chi connectivity index (χ4n) is 2.75. The maximum Gasteiger partial charge on any atom is 0.315 e. The average Bonchev–Trinajstić information content (AvgIpc) is 3.02. The van der Waals surface area contributed by atoms with Gasteiger partial charge in [-0.2, -0.15) is 0 Å².